The van der Waals surface area contributed by atoms with Gasteiger partial charge in [-0.25, -0.2) is 8.78 Å². The van der Waals surface area contributed by atoms with Gasteiger partial charge in [0.1, 0.15) is 6.10 Å². The summed E-state index contributed by atoms with van der Waals surface area (Å²) in [6, 6.07) is 3.74. The number of rotatable bonds is 2. The van der Waals surface area contributed by atoms with E-state index in [9.17, 15) is 13.6 Å². The Labute approximate surface area is 153 Å². The van der Waals surface area contributed by atoms with Gasteiger partial charge in [0.25, 0.3) is 0 Å². The Morgan fingerprint density at radius 1 is 1.32 bits per heavy atom. The second-order valence-electron chi connectivity index (χ2n) is 7.12. The molecule has 1 saturated heterocycles. The van der Waals surface area contributed by atoms with Gasteiger partial charge >= 0.3 is 0 Å². The van der Waals surface area contributed by atoms with Crippen LogP contribution in [0, 0.1) is 17.6 Å². The summed E-state index contributed by atoms with van der Waals surface area (Å²) in [7, 11) is 0. The lowest BCUT2D eigenvalue weighted by Crippen LogP contribution is -2.55. The third-order valence-corrected chi connectivity index (χ3v) is 5.25. The molecule has 2 N–H and O–H groups in total. The molecule has 7 heteroatoms. The van der Waals surface area contributed by atoms with E-state index < -0.39 is 23.3 Å². The summed E-state index contributed by atoms with van der Waals surface area (Å²) in [5.41, 5.74) is 6.41. The quantitative estimate of drug-likeness (QED) is 0.864. The number of hydrogen-bond acceptors (Lipinski definition) is 3. The van der Waals surface area contributed by atoms with Crippen molar-refractivity contribution in [2.45, 2.75) is 44.2 Å². The zero-order chi connectivity index (χ0) is 17.3. The average Bonchev–Trinajstić information content (AvgIpc) is 2.56. The minimum atomic E-state index is -0.902. The molecule has 1 aliphatic carbocycles. The Kier molecular flexibility index (Phi) is 6.40. The third kappa shape index (κ3) is 4.30. The molecule has 1 saturated carbocycles. The fourth-order valence-corrected chi connectivity index (χ4v) is 3.75. The van der Waals surface area contributed by atoms with Crippen LogP contribution >= 0.6 is 12.4 Å². The maximum absolute atomic E-state index is 13.5. The maximum atomic E-state index is 13.5. The number of hydrogen-bond donors (Lipinski definition) is 1. The molecule has 25 heavy (non-hydrogen) atoms. The lowest BCUT2D eigenvalue weighted by molar-refractivity contribution is -0.146. The molecule has 2 aliphatic rings. The SMILES string of the molecule is CC1(N)CCCCC1C(=O)N1CCOC(c2ccc(F)c(F)c2)C1.Cl. The van der Waals surface area contributed by atoms with E-state index in [1.165, 1.54) is 6.07 Å². The van der Waals surface area contributed by atoms with Crippen LogP contribution < -0.4 is 5.73 Å². The lowest BCUT2D eigenvalue weighted by atomic mass is 9.74. The lowest BCUT2D eigenvalue weighted by Gasteiger charge is -2.42. The molecule has 1 aromatic carbocycles. The second-order valence-corrected chi connectivity index (χ2v) is 7.12. The summed E-state index contributed by atoms with van der Waals surface area (Å²) in [6.45, 7) is 3.17. The Morgan fingerprint density at radius 2 is 2.08 bits per heavy atom. The smallest absolute Gasteiger partial charge is 0.227 e. The van der Waals surface area contributed by atoms with E-state index in [0.717, 1.165) is 37.8 Å². The van der Waals surface area contributed by atoms with E-state index in [1.807, 2.05) is 6.92 Å². The number of ether oxygens (including phenoxy) is 1. The van der Waals surface area contributed by atoms with Gasteiger partial charge in [0.2, 0.25) is 5.91 Å². The summed E-state index contributed by atoms with van der Waals surface area (Å²) in [5, 5.41) is 0. The average molecular weight is 375 g/mol. The van der Waals surface area contributed by atoms with E-state index in [1.54, 1.807) is 4.90 Å². The van der Waals surface area contributed by atoms with Gasteiger partial charge in [-0.05, 0) is 37.5 Å². The van der Waals surface area contributed by atoms with Gasteiger partial charge in [-0.3, -0.25) is 4.79 Å². The molecule has 1 aromatic rings. The predicted molar refractivity (Wildman–Crippen MR) is 93.4 cm³/mol. The van der Waals surface area contributed by atoms with Crippen molar-refractivity contribution in [3.8, 4) is 0 Å². The highest BCUT2D eigenvalue weighted by Gasteiger charge is 2.41. The van der Waals surface area contributed by atoms with Crippen LogP contribution in [0.3, 0.4) is 0 Å². The molecule has 140 valence electrons. The molecule has 0 spiro atoms. The Bertz CT molecular complexity index is 627. The number of morpholine rings is 1. The zero-order valence-electron chi connectivity index (χ0n) is 14.3. The van der Waals surface area contributed by atoms with Crippen LogP contribution in [0.4, 0.5) is 8.78 Å². The molecule has 3 rings (SSSR count). The molecule has 1 aliphatic heterocycles. The van der Waals surface area contributed by atoms with Crippen molar-refractivity contribution < 1.29 is 18.3 Å². The van der Waals surface area contributed by atoms with E-state index >= 15 is 0 Å². The van der Waals surface area contributed by atoms with E-state index in [-0.39, 0.29) is 24.2 Å². The van der Waals surface area contributed by atoms with E-state index in [0.29, 0.717) is 25.3 Å². The van der Waals surface area contributed by atoms with E-state index in [4.69, 9.17) is 10.5 Å². The van der Waals surface area contributed by atoms with Crippen molar-refractivity contribution in [3.63, 3.8) is 0 Å². The number of carbonyl (C=O) groups excluding carboxylic acids is 1. The molecule has 0 radical (unpaired) electrons. The normalized spacial score (nSPS) is 29.8. The highest BCUT2D eigenvalue weighted by Crippen LogP contribution is 2.34. The Hall–Kier alpha value is -1.24. The Morgan fingerprint density at radius 3 is 2.76 bits per heavy atom. The first-order chi connectivity index (χ1) is 11.4. The van der Waals surface area contributed by atoms with Crippen LogP contribution in [-0.4, -0.2) is 36.0 Å². The molecule has 1 amide bonds. The van der Waals surface area contributed by atoms with Crippen molar-refractivity contribution in [3.05, 3.63) is 35.4 Å². The van der Waals surface area contributed by atoms with Crippen LogP contribution in [0.1, 0.15) is 44.3 Å². The van der Waals surface area contributed by atoms with Crippen molar-refractivity contribution >= 4 is 18.3 Å². The predicted octanol–water partition coefficient (Wildman–Crippen LogP) is 3.19. The van der Waals surface area contributed by atoms with Gasteiger partial charge in [-0.2, -0.15) is 0 Å². The number of carbonyl (C=O) groups is 1. The molecule has 3 atom stereocenters. The standard InChI is InChI=1S/C18H24F2N2O2.ClH/c1-18(21)7-3-2-4-13(18)17(23)22-8-9-24-16(11-22)12-5-6-14(19)15(20)10-12;/h5-6,10,13,16H,2-4,7-9,11,21H2,1H3;1H. The Balaban J connectivity index is 0.00000225. The fourth-order valence-electron chi connectivity index (χ4n) is 3.75. The van der Waals surface area contributed by atoms with Crippen LogP contribution in [0.5, 0.6) is 0 Å². The second kappa shape index (κ2) is 7.98. The maximum Gasteiger partial charge on any atom is 0.227 e. The first-order valence-corrected chi connectivity index (χ1v) is 8.53. The van der Waals surface area contributed by atoms with Crippen LogP contribution in [-0.2, 0) is 9.53 Å². The van der Waals surface area contributed by atoms with Crippen LogP contribution in [0.2, 0.25) is 0 Å². The van der Waals surface area contributed by atoms with Gasteiger partial charge in [0.05, 0.1) is 19.1 Å². The topological polar surface area (TPSA) is 55.6 Å². The van der Waals surface area contributed by atoms with Crippen LogP contribution in [0.25, 0.3) is 0 Å². The first kappa shape index (κ1) is 20.1. The molecule has 4 nitrogen and oxygen atoms in total. The van der Waals surface area contributed by atoms with Crippen molar-refractivity contribution in [1.29, 1.82) is 0 Å². The minimum absolute atomic E-state index is 0. The van der Waals surface area contributed by atoms with Gasteiger partial charge in [-0.15, -0.1) is 12.4 Å². The third-order valence-electron chi connectivity index (χ3n) is 5.25. The van der Waals surface area contributed by atoms with E-state index in [2.05, 4.69) is 0 Å². The van der Waals surface area contributed by atoms with Gasteiger partial charge in [-0.1, -0.05) is 18.9 Å². The number of benzene rings is 1. The number of nitrogens with two attached hydrogens (primary N) is 1. The van der Waals surface area contributed by atoms with Crippen molar-refractivity contribution in [2.75, 3.05) is 19.7 Å². The van der Waals surface area contributed by atoms with Crippen molar-refractivity contribution in [1.82, 2.24) is 4.90 Å². The molecular weight excluding hydrogens is 350 g/mol. The highest BCUT2D eigenvalue weighted by atomic mass is 35.5. The molecule has 3 unspecified atom stereocenters. The molecule has 1 heterocycles. The summed E-state index contributed by atoms with van der Waals surface area (Å²) in [5.74, 6) is -1.92. The van der Waals surface area contributed by atoms with Crippen LogP contribution in [0.15, 0.2) is 18.2 Å². The molecule has 0 bridgehead atoms. The highest BCUT2D eigenvalue weighted by molar-refractivity contribution is 5.85. The number of amides is 1. The van der Waals surface area contributed by atoms with Crippen molar-refractivity contribution in [2.24, 2.45) is 11.7 Å². The zero-order valence-corrected chi connectivity index (χ0v) is 15.2. The summed E-state index contributed by atoms with van der Waals surface area (Å²) in [6.07, 6.45) is 3.28. The summed E-state index contributed by atoms with van der Waals surface area (Å²) in [4.78, 5) is 14.7. The number of nitrogens with zero attached hydrogens (tertiary/aromatic N) is 1. The monoisotopic (exact) mass is 374 g/mol. The first-order valence-electron chi connectivity index (χ1n) is 8.53. The minimum Gasteiger partial charge on any atom is -0.370 e. The van der Waals surface area contributed by atoms with Gasteiger partial charge in [0.15, 0.2) is 11.6 Å². The fraction of sp³-hybridized carbons (Fsp3) is 0.611. The largest absolute Gasteiger partial charge is 0.370 e. The summed E-state index contributed by atoms with van der Waals surface area (Å²) < 4.78 is 32.2. The molecule has 0 aromatic heterocycles. The molecular formula is C18H25ClF2N2O2. The molecule has 2 fully saturated rings. The van der Waals surface area contributed by atoms with Gasteiger partial charge in [0, 0.05) is 12.1 Å². The van der Waals surface area contributed by atoms with Gasteiger partial charge < -0.3 is 15.4 Å². The number of halogens is 3. The summed E-state index contributed by atoms with van der Waals surface area (Å²) >= 11 is 0.